The van der Waals surface area contributed by atoms with E-state index in [9.17, 15) is 8.42 Å². The summed E-state index contributed by atoms with van der Waals surface area (Å²) in [5, 5.41) is 0. The summed E-state index contributed by atoms with van der Waals surface area (Å²) in [5.74, 6) is 0. The smallest absolute Gasteiger partial charge is 0.240 e. The molecule has 1 aliphatic carbocycles. The third kappa shape index (κ3) is 3.07. The van der Waals surface area contributed by atoms with Crippen LogP contribution in [0, 0.1) is 12.3 Å². The number of rotatable bonds is 5. The molecule has 0 saturated heterocycles. The maximum Gasteiger partial charge on any atom is 0.240 e. The molecule has 118 valence electrons. The van der Waals surface area contributed by atoms with Crippen molar-refractivity contribution in [1.82, 2.24) is 4.72 Å². The summed E-state index contributed by atoms with van der Waals surface area (Å²) in [6.07, 6.45) is 0.803. The number of anilines is 1. The molecule has 0 heterocycles. The van der Waals surface area contributed by atoms with Crippen LogP contribution in [0.4, 0.5) is 5.69 Å². The summed E-state index contributed by atoms with van der Waals surface area (Å²) in [5.41, 5.74) is 6.88. The van der Waals surface area contributed by atoms with E-state index in [1.54, 1.807) is 19.1 Å². The Morgan fingerprint density at radius 1 is 1.43 bits per heavy atom. The normalized spacial score (nSPS) is 24.6. The molecule has 1 aliphatic rings. The van der Waals surface area contributed by atoms with Crippen LogP contribution < -0.4 is 10.5 Å². The highest BCUT2D eigenvalue weighted by molar-refractivity contribution is 7.89. The summed E-state index contributed by atoms with van der Waals surface area (Å²) in [4.78, 5) is 0.254. The van der Waals surface area contributed by atoms with Crippen molar-refractivity contribution in [3.63, 3.8) is 0 Å². The summed E-state index contributed by atoms with van der Waals surface area (Å²) in [7, 11) is -3.53. The monoisotopic (exact) mass is 312 g/mol. The zero-order chi connectivity index (χ0) is 15.8. The quantitative estimate of drug-likeness (QED) is 0.815. The summed E-state index contributed by atoms with van der Waals surface area (Å²) in [6, 6.07) is 4.65. The van der Waals surface area contributed by atoms with Gasteiger partial charge in [-0.3, -0.25) is 0 Å². The van der Waals surface area contributed by atoms with Crippen LogP contribution in [0.1, 0.15) is 32.8 Å². The summed E-state index contributed by atoms with van der Waals surface area (Å²) >= 11 is 0. The molecule has 1 aromatic rings. The van der Waals surface area contributed by atoms with Crippen LogP contribution in [-0.4, -0.2) is 27.2 Å². The molecule has 6 heteroatoms. The van der Waals surface area contributed by atoms with Crippen molar-refractivity contribution >= 4 is 15.7 Å². The Hall–Kier alpha value is -1.11. The topological polar surface area (TPSA) is 81.4 Å². The Labute approximate surface area is 126 Å². The maximum absolute atomic E-state index is 12.5. The number of hydrogen-bond donors (Lipinski definition) is 2. The van der Waals surface area contributed by atoms with Crippen LogP contribution >= 0.6 is 0 Å². The number of nitrogens with one attached hydrogen (secondary N) is 1. The van der Waals surface area contributed by atoms with E-state index in [4.69, 9.17) is 10.5 Å². The van der Waals surface area contributed by atoms with E-state index < -0.39 is 10.0 Å². The molecule has 1 aromatic carbocycles. The Bertz CT molecular complexity index is 626. The standard InChI is InChI=1S/C15H24N2O3S/c1-5-20-14-9-13(15(14,3)4)17-21(18,19)11-6-7-12(16)10(2)8-11/h6-8,13-14,17H,5,9,16H2,1-4H3. The Morgan fingerprint density at radius 3 is 2.62 bits per heavy atom. The second-order valence-electron chi connectivity index (χ2n) is 6.19. The minimum Gasteiger partial charge on any atom is -0.399 e. The first kappa shape index (κ1) is 16.3. The van der Waals surface area contributed by atoms with E-state index in [1.165, 1.54) is 6.07 Å². The van der Waals surface area contributed by atoms with Gasteiger partial charge in [-0.25, -0.2) is 13.1 Å². The average molecular weight is 312 g/mol. The van der Waals surface area contributed by atoms with Gasteiger partial charge in [0.15, 0.2) is 0 Å². The predicted molar refractivity (Wildman–Crippen MR) is 83.5 cm³/mol. The van der Waals surface area contributed by atoms with Crippen molar-refractivity contribution in [1.29, 1.82) is 0 Å². The van der Waals surface area contributed by atoms with Gasteiger partial charge in [-0.15, -0.1) is 0 Å². The lowest BCUT2D eigenvalue weighted by Gasteiger charge is -2.51. The lowest BCUT2D eigenvalue weighted by atomic mass is 9.65. The van der Waals surface area contributed by atoms with Gasteiger partial charge in [-0.2, -0.15) is 0 Å². The molecule has 0 amide bonds. The Balaban J connectivity index is 2.14. The zero-order valence-corrected chi connectivity index (χ0v) is 13.8. The molecule has 2 atom stereocenters. The van der Waals surface area contributed by atoms with Gasteiger partial charge in [0.1, 0.15) is 0 Å². The second kappa shape index (κ2) is 5.59. The second-order valence-corrected chi connectivity index (χ2v) is 7.91. The highest BCUT2D eigenvalue weighted by atomic mass is 32.2. The van der Waals surface area contributed by atoms with Gasteiger partial charge in [-0.1, -0.05) is 13.8 Å². The fraction of sp³-hybridized carbons (Fsp3) is 0.600. The van der Waals surface area contributed by atoms with E-state index in [-0.39, 0.29) is 22.5 Å². The molecule has 0 spiro atoms. The van der Waals surface area contributed by atoms with E-state index in [1.807, 2.05) is 20.8 Å². The van der Waals surface area contributed by atoms with Crippen LogP contribution in [0.3, 0.4) is 0 Å². The number of hydrogen-bond acceptors (Lipinski definition) is 4. The van der Waals surface area contributed by atoms with Gasteiger partial charge in [0.25, 0.3) is 0 Å². The van der Waals surface area contributed by atoms with E-state index >= 15 is 0 Å². The largest absolute Gasteiger partial charge is 0.399 e. The highest BCUT2D eigenvalue weighted by Gasteiger charge is 2.50. The molecule has 0 radical (unpaired) electrons. The van der Waals surface area contributed by atoms with Crippen molar-refractivity contribution < 1.29 is 13.2 Å². The average Bonchev–Trinajstić information content (AvgIpc) is 2.40. The Morgan fingerprint density at radius 2 is 2.10 bits per heavy atom. The van der Waals surface area contributed by atoms with E-state index in [0.29, 0.717) is 18.7 Å². The Kier molecular flexibility index (Phi) is 4.33. The predicted octanol–water partition coefficient (Wildman–Crippen LogP) is 2.06. The molecular weight excluding hydrogens is 288 g/mol. The molecule has 0 aromatic heterocycles. The molecule has 3 N–H and O–H groups in total. The third-order valence-electron chi connectivity index (χ3n) is 4.39. The summed E-state index contributed by atoms with van der Waals surface area (Å²) < 4.78 is 33.3. The molecule has 0 bridgehead atoms. The lowest BCUT2D eigenvalue weighted by Crippen LogP contribution is -2.61. The number of nitrogen functional groups attached to an aromatic ring is 1. The van der Waals surface area contributed by atoms with Gasteiger partial charge in [0.2, 0.25) is 10.0 Å². The van der Waals surface area contributed by atoms with Gasteiger partial charge >= 0.3 is 0 Å². The molecule has 21 heavy (non-hydrogen) atoms. The molecule has 5 nitrogen and oxygen atoms in total. The van der Waals surface area contributed by atoms with Gasteiger partial charge in [0.05, 0.1) is 11.0 Å². The number of aryl methyl sites for hydroxylation is 1. The minimum atomic E-state index is -3.53. The van der Waals surface area contributed by atoms with Gasteiger partial charge in [-0.05, 0) is 44.0 Å². The third-order valence-corrected chi connectivity index (χ3v) is 5.86. The zero-order valence-electron chi connectivity index (χ0n) is 13.0. The van der Waals surface area contributed by atoms with Crippen LogP contribution in [0.15, 0.2) is 23.1 Å². The van der Waals surface area contributed by atoms with Crippen LogP contribution in [0.5, 0.6) is 0 Å². The van der Waals surface area contributed by atoms with Crippen molar-refractivity contribution in [3.05, 3.63) is 23.8 Å². The maximum atomic E-state index is 12.5. The van der Waals surface area contributed by atoms with Crippen molar-refractivity contribution in [2.75, 3.05) is 12.3 Å². The van der Waals surface area contributed by atoms with Gasteiger partial charge < -0.3 is 10.5 Å². The number of ether oxygens (including phenoxy) is 1. The van der Waals surface area contributed by atoms with Gasteiger partial charge in [0, 0.05) is 23.8 Å². The molecule has 1 saturated carbocycles. The first-order chi connectivity index (χ1) is 9.68. The van der Waals surface area contributed by atoms with E-state index in [2.05, 4.69) is 4.72 Å². The SMILES string of the molecule is CCOC1CC(NS(=O)(=O)c2ccc(N)c(C)c2)C1(C)C. The van der Waals surface area contributed by atoms with Crippen molar-refractivity contribution in [3.8, 4) is 0 Å². The lowest BCUT2D eigenvalue weighted by molar-refractivity contribution is -0.108. The minimum absolute atomic E-state index is 0.100. The van der Waals surface area contributed by atoms with Crippen molar-refractivity contribution in [2.24, 2.45) is 5.41 Å². The van der Waals surface area contributed by atoms with Crippen LogP contribution in [0.25, 0.3) is 0 Å². The number of sulfonamides is 1. The fourth-order valence-corrected chi connectivity index (χ4v) is 4.13. The molecule has 2 rings (SSSR count). The fourth-order valence-electron chi connectivity index (χ4n) is 2.64. The van der Waals surface area contributed by atoms with Crippen LogP contribution in [-0.2, 0) is 14.8 Å². The highest BCUT2D eigenvalue weighted by Crippen LogP contribution is 2.43. The van der Waals surface area contributed by atoms with Crippen molar-refractivity contribution in [2.45, 2.75) is 51.2 Å². The number of benzene rings is 1. The van der Waals surface area contributed by atoms with Crippen LogP contribution in [0.2, 0.25) is 0 Å². The molecule has 2 unspecified atom stereocenters. The molecule has 0 aliphatic heterocycles. The first-order valence-corrected chi connectivity index (χ1v) is 8.67. The first-order valence-electron chi connectivity index (χ1n) is 7.18. The number of nitrogens with two attached hydrogens (primary N) is 1. The summed E-state index contributed by atoms with van der Waals surface area (Å²) in [6.45, 7) is 8.44. The van der Waals surface area contributed by atoms with E-state index in [0.717, 1.165) is 5.56 Å². The molecule has 1 fully saturated rings. The molecular formula is C15H24N2O3S.